The summed E-state index contributed by atoms with van der Waals surface area (Å²) in [5.74, 6) is -0.698. The van der Waals surface area contributed by atoms with Crippen molar-refractivity contribution < 1.29 is 19.1 Å². The van der Waals surface area contributed by atoms with Crippen molar-refractivity contribution in [2.45, 2.75) is 12.3 Å². The third-order valence-corrected chi connectivity index (χ3v) is 3.70. The van der Waals surface area contributed by atoms with Crippen molar-refractivity contribution >= 4 is 11.7 Å². The Morgan fingerprint density at radius 1 is 1.33 bits per heavy atom. The van der Waals surface area contributed by atoms with Crippen molar-refractivity contribution in [1.29, 1.82) is 0 Å². The minimum atomic E-state index is -0.550. The summed E-state index contributed by atoms with van der Waals surface area (Å²) in [5, 5.41) is 0. The zero-order valence-electron chi connectivity index (χ0n) is 12.2. The third kappa shape index (κ3) is 2.89. The number of carbonyl (C=O) groups excluding carboxylic acids is 2. The number of hydrogen-bond donors (Lipinski definition) is 0. The van der Waals surface area contributed by atoms with Gasteiger partial charge in [0, 0.05) is 19.8 Å². The van der Waals surface area contributed by atoms with E-state index in [-0.39, 0.29) is 18.2 Å². The molecule has 1 aliphatic rings. The average molecular weight is 289 g/mol. The number of likely N-dealkylation sites (tertiary alicyclic amines) is 1. The number of rotatable bonds is 7. The maximum absolute atomic E-state index is 12.6. The Hall–Kier alpha value is -1.98. The summed E-state index contributed by atoms with van der Waals surface area (Å²) in [6.45, 7) is 3.87. The van der Waals surface area contributed by atoms with Crippen LogP contribution in [0.15, 0.2) is 43.0 Å². The van der Waals surface area contributed by atoms with E-state index in [2.05, 4.69) is 6.58 Å². The first-order valence-electron chi connectivity index (χ1n) is 6.72. The molecular formula is C16H19NO4. The molecule has 0 bridgehead atoms. The van der Waals surface area contributed by atoms with Gasteiger partial charge in [-0.25, -0.2) is 0 Å². The van der Waals surface area contributed by atoms with Gasteiger partial charge in [0.25, 0.3) is 0 Å². The molecule has 0 aromatic heterocycles. The van der Waals surface area contributed by atoms with Crippen molar-refractivity contribution in [3.63, 3.8) is 0 Å². The Morgan fingerprint density at radius 2 is 1.95 bits per heavy atom. The largest absolute Gasteiger partial charge is 0.354 e. The van der Waals surface area contributed by atoms with Crippen molar-refractivity contribution in [2.75, 3.05) is 20.8 Å². The van der Waals surface area contributed by atoms with Crippen molar-refractivity contribution in [3.05, 3.63) is 48.6 Å². The number of β-lactam (4-membered cyclic amide) rings is 1. The Bertz CT molecular complexity index is 524. The van der Waals surface area contributed by atoms with Gasteiger partial charge in [-0.1, -0.05) is 36.4 Å². The van der Waals surface area contributed by atoms with Crippen LogP contribution in [0.5, 0.6) is 0 Å². The standard InChI is InChI=1S/C16H19NO4/c1-4-12-14(15(18)11-8-6-5-7-9-11)17(16(12)19)10-13(20-2)21-3/h4-9,12-14H,1,10H2,2-3H3/t12-,14-/m1/s1. The topological polar surface area (TPSA) is 55.8 Å². The van der Waals surface area contributed by atoms with Crippen LogP contribution in [0, 0.1) is 5.92 Å². The van der Waals surface area contributed by atoms with Gasteiger partial charge < -0.3 is 14.4 Å². The first-order valence-corrected chi connectivity index (χ1v) is 6.72. The zero-order valence-corrected chi connectivity index (χ0v) is 12.2. The number of Topliss-reactive ketones (excluding diaryl/α,β-unsaturated/α-hetero) is 1. The molecule has 1 heterocycles. The van der Waals surface area contributed by atoms with E-state index in [0.717, 1.165) is 0 Å². The number of ketones is 1. The summed E-state index contributed by atoms with van der Waals surface area (Å²) < 4.78 is 10.2. The van der Waals surface area contributed by atoms with E-state index in [9.17, 15) is 9.59 Å². The molecule has 1 fully saturated rings. The van der Waals surface area contributed by atoms with Crippen LogP contribution in [0.2, 0.25) is 0 Å². The van der Waals surface area contributed by atoms with E-state index in [1.807, 2.05) is 6.07 Å². The fourth-order valence-electron chi connectivity index (χ4n) is 2.49. The number of hydrogen-bond acceptors (Lipinski definition) is 4. The Balaban J connectivity index is 2.19. The van der Waals surface area contributed by atoms with Gasteiger partial charge in [0.15, 0.2) is 12.1 Å². The van der Waals surface area contributed by atoms with Gasteiger partial charge in [-0.3, -0.25) is 9.59 Å². The molecule has 1 aromatic rings. The molecular weight excluding hydrogens is 270 g/mol. The molecule has 0 unspecified atom stereocenters. The lowest BCUT2D eigenvalue weighted by atomic mass is 9.82. The molecule has 5 heteroatoms. The van der Waals surface area contributed by atoms with Crippen LogP contribution >= 0.6 is 0 Å². The Labute approximate surface area is 124 Å². The smallest absolute Gasteiger partial charge is 0.232 e. The van der Waals surface area contributed by atoms with Gasteiger partial charge in [0.05, 0.1) is 12.5 Å². The molecule has 112 valence electrons. The fourth-order valence-corrected chi connectivity index (χ4v) is 2.49. The molecule has 21 heavy (non-hydrogen) atoms. The fraction of sp³-hybridized carbons (Fsp3) is 0.375. The van der Waals surface area contributed by atoms with Gasteiger partial charge in [-0.05, 0) is 0 Å². The summed E-state index contributed by atoms with van der Waals surface area (Å²) in [6, 6.07) is 8.39. The predicted molar refractivity (Wildman–Crippen MR) is 77.8 cm³/mol. The molecule has 0 radical (unpaired) electrons. The van der Waals surface area contributed by atoms with Crippen LogP contribution in [-0.2, 0) is 14.3 Å². The zero-order chi connectivity index (χ0) is 15.4. The lowest BCUT2D eigenvalue weighted by Gasteiger charge is -2.45. The van der Waals surface area contributed by atoms with Crippen LogP contribution in [0.1, 0.15) is 10.4 Å². The second-order valence-electron chi connectivity index (χ2n) is 4.83. The van der Waals surface area contributed by atoms with Gasteiger partial charge in [0.2, 0.25) is 5.91 Å². The minimum absolute atomic E-state index is 0.0916. The van der Waals surface area contributed by atoms with Gasteiger partial charge in [-0.15, -0.1) is 6.58 Å². The monoisotopic (exact) mass is 289 g/mol. The molecule has 0 aliphatic carbocycles. The van der Waals surface area contributed by atoms with E-state index in [4.69, 9.17) is 9.47 Å². The van der Waals surface area contributed by atoms with E-state index in [1.165, 1.54) is 25.2 Å². The number of carbonyl (C=O) groups is 2. The highest BCUT2D eigenvalue weighted by molar-refractivity contribution is 6.09. The second-order valence-corrected chi connectivity index (χ2v) is 4.83. The van der Waals surface area contributed by atoms with Gasteiger partial charge >= 0.3 is 0 Å². The number of amides is 1. The predicted octanol–water partition coefficient (Wildman–Crippen LogP) is 1.50. The first kappa shape index (κ1) is 15.4. The number of benzene rings is 1. The highest BCUT2D eigenvalue weighted by atomic mass is 16.7. The first-order chi connectivity index (χ1) is 10.1. The molecule has 2 atom stereocenters. The van der Waals surface area contributed by atoms with Crippen LogP contribution in [0.25, 0.3) is 0 Å². The molecule has 5 nitrogen and oxygen atoms in total. The summed E-state index contributed by atoms with van der Waals surface area (Å²) in [5.41, 5.74) is 0.582. The molecule has 0 N–H and O–H groups in total. The molecule has 0 spiro atoms. The van der Waals surface area contributed by atoms with Gasteiger partial charge in [-0.2, -0.15) is 0 Å². The van der Waals surface area contributed by atoms with Crippen LogP contribution in [0.4, 0.5) is 0 Å². The summed E-state index contributed by atoms with van der Waals surface area (Å²) in [6.07, 6.45) is 0.977. The lowest BCUT2D eigenvalue weighted by molar-refractivity contribution is -0.166. The van der Waals surface area contributed by atoms with Crippen LogP contribution < -0.4 is 0 Å². The number of ether oxygens (including phenoxy) is 2. The molecule has 1 amide bonds. The minimum Gasteiger partial charge on any atom is -0.354 e. The summed E-state index contributed by atoms with van der Waals surface area (Å²) in [7, 11) is 2.99. The summed E-state index contributed by atoms with van der Waals surface area (Å²) in [4.78, 5) is 26.2. The normalized spacial score (nSPS) is 21.3. The van der Waals surface area contributed by atoms with E-state index >= 15 is 0 Å². The lowest BCUT2D eigenvalue weighted by Crippen LogP contribution is -2.65. The van der Waals surface area contributed by atoms with Crippen LogP contribution in [0.3, 0.4) is 0 Å². The van der Waals surface area contributed by atoms with Gasteiger partial charge in [0.1, 0.15) is 6.04 Å². The molecule has 2 rings (SSSR count). The van der Waals surface area contributed by atoms with E-state index in [0.29, 0.717) is 5.56 Å². The Kier molecular flexibility index (Phi) is 4.88. The molecule has 0 saturated carbocycles. The van der Waals surface area contributed by atoms with E-state index < -0.39 is 18.2 Å². The van der Waals surface area contributed by atoms with Crippen molar-refractivity contribution in [2.24, 2.45) is 5.92 Å². The maximum atomic E-state index is 12.6. The number of nitrogens with zero attached hydrogens (tertiary/aromatic N) is 1. The molecule has 1 saturated heterocycles. The molecule has 1 aliphatic heterocycles. The quantitative estimate of drug-likeness (QED) is 0.330. The number of methoxy groups -OCH3 is 2. The average Bonchev–Trinajstić information content (AvgIpc) is 2.53. The SMILES string of the molecule is C=C[C@H]1C(=O)N(CC(OC)OC)[C@H]1C(=O)c1ccccc1. The second kappa shape index (κ2) is 6.65. The highest BCUT2D eigenvalue weighted by Gasteiger charge is 2.50. The van der Waals surface area contributed by atoms with Crippen LogP contribution in [-0.4, -0.2) is 49.7 Å². The van der Waals surface area contributed by atoms with Crippen molar-refractivity contribution in [1.82, 2.24) is 4.90 Å². The third-order valence-electron chi connectivity index (χ3n) is 3.70. The van der Waals surface area contributed by atoms with E-state index in [1.54, 1.807) is 24.3 Å². The maximum Gasteiger partial charge on any atom is 0.232 e. The highest BCUT2D eigenvalue weighted by Crippen LogP contribution is 2.30. The Morgan fingerprint density at radius 3 is 2.48 bits per heavy atom. The molecule has 1 aromatic carbocycles. The summed E-state index contributed by atoms with van der Waals surface area (Å²) >= 11 is 0. The van der Waals surface area contributed by atoms with Crippen molar-refractivity contribution in [3.8, 4) is 0 Å².